The number of aryl methyl sites for hydroxylation is 1. The Morgan fingerprint density at radius 3 is 2.60 bits per heavy atom. The van der Waals surface area contributed by atoms with Crippen molar-refractivity contribution in [3.8, 4) is 5.75 Å². The van der Waals surface area contributed by atoms with Crippen molar-refractivity contribution in [1.82, 2.24) is 0 Å². The lowest BCUT2D eigenvalue weighted by Crippen LogP contribution is -2.02. The van der Waals surface area contributed by atoms with Gasteiger partial charge in [0.25, 0.3) is 0 Å². The highest BCUT2D eigenvalue weighted by atomic mass is 79.9. The molecule has 0 amide bonds. The van der Waals surface area contributed by atoms with E-state index >= 15 is 0 Å². The van der Waals surface area contributed by atoms with E-state index in [2.05, 4.69) is 31.9 Å². The maximum absolute atomic E-state index is 13.5. The molecule has 0 saturated heterocycles. The van der Waals surface area contributed by atoms with Gasteiger partial charge in [0.1, 0.15) is 11.6 Å². The molecule has 1 nitrogen and oxygen atoms in total. The monoisotopic (exact) mass is 400 g/mol. The van der Waals surface area contributed by atoms with Crippen LogP contribution in [-0.4, -0.2) is 6.61 Å². The first-order chi connectivity index (χ1) is 9.52. The first kappa shape index (κ1) is 15.5. The van der Waals surface area contributed by atoms with Crippen molar-refractivity contribution >= 4 is 31.9 Å². The number of hydrogen-bond donors (Lipinski definition) is 0. The summed E-state index contributed by atoms with van der Waals surface area (Å²) in [4.78, 5) is -0.114. The summed E-state index contributed by atoms with van der Waals surface area (Å²) in [6.07, 6.45) is 0. The van der Waals surface area contributed by atoms with Crippen LogP contribution in [0.25, 0.3) is 0 Å². The third-order valence-electron chi connectivity index (χ3n) is 3.06. The molecule has 1 unspecified atom stereocenters. The van der Waals surface area contributed by atoms with Gasteiger partial charge in [-0.25, -0.2) is 4.39 Å². The molecular weight excluding hydrogens is 387 g/mol. The Balaban J connectivity index is 2.49. The number of ether oxygens (including phenoxy) is 1. The van der Waals surface area contributed by atoms with Gasteiger partial charge in [0.15, 0.2) is 0 Å². The Morgan fingerprint density at radius 2 is 1.90 bits per heavy atom. The molecule has 0 spiro atoms. The second kappa shape index (κ2) is 6.72. The van der Waals surface area contributed by atoms with E-state index in [0.29, 0.717) is 6.61 Å². The molecule has 0 aliphatic rings. The van der Waals surface area contributed by atoms with E-state index in [1.54, 1.807) is 12.1 Å². The highest BCUT2D eigenvalue weighted by Gasteiger charge is 2.18. The summed E-state index contributed by atoms with van der Waals surface area (Å²) in [5.74, 6) is 0.573. The second-order valence-electron chi connectivity index (χ2n) is 4.48. The highest BCUT2D eigenvalue weighted by Crippen LogP contribution is 2.39. The third-order valence-corrected chi connectivity index (χ3v) is 4.54. The lowest BCUT2D eigenvalue weighted by atomic mass is 9.99. The molecule has 0 N–H and O–H groups in total. The highest BCUT2D eigenvalue weighted by molar-refractivity contribution is 9.10. The van der Waals surface area contributed by atoms with Crippen LogP contribution in [0, 0.1) is 12.7 Å². The van der Waals surface area contributed by atoms with E-state index in [9.17, 15) is 4.39 Å². The van der Waals surface area contributed by atoms with Crippen LogP contribution in [-0.2, 0) is 0 Å². The summed E-state index contributed by atoms with van der Waals surface area (Å²) in [5, 5.41) is 0. The van der Waals surface area contributed by atoms with Gasteiger partial charge in [-0.2, -0.15) is 0 Å². The molecule has 4 heteroatoms. The van der Waals surface area contributed by atoms with Crippen LogP contribution in [0.3, 0.4) is 0 Å². The Bertz CT molecular complexity index is 613. The van der Waals surface area contributed by atoms with Gasteiger partial charge in [-0.05, 0) is 55.3 Å². The molecule has 2 aromatic rings. The number of benzene rings is 2. The van der Waals surface area contributed by atoms with Crippen molar-refractivity contribution in [2.75, 3.05) is 6.61 Å². The largest absolute Gasteiger partial charge is 0.494 e. The maximum Gasteiger partial charge on any atom is 0.124 e. The SMILES string of the molecule is CCOc1ccc(Br)cc1C(Br)c1cc(F)ccc1C. The standard InChI is InChI=1S/C16H15Br2FO/c1-3-20-15-7-5-11(17)8-14(15)16(18)13-9-12(19)6-4-10(13)2/h4-9,16H,3H2,1-2H3. The molecule has 0 saturated carbocycles. The number of alkyl halides is 1. The van der Waals surface area contributed by atoms with E-state index < -0.39 is 0 Å². The zero-order valence-electron chi connectivity index (χ0n) is 11.3. The minimum absolute atomic E-state index is 0.114. The molecule has 106 valence electrons. The average Bonchev–Trinajstić information content (AvgIpc) is 2.43. The van der Waals surface area contributed by atoms with Gasteiger partial charge < -0.3 is 4.74 Å². The van der Waals surface area contributed by atoms with Crippen molar-refractivity contribution in [2.45, 2.75) is 18.7 Å². The number of rotatable bonds is 4. The van der Waals surface area contributed by atoms with Gasteiger partial charge in [-0.15, -0.1) is 0 Å². The van der Waals surface area contributed by atoms with Crippen molar-refractivity contribution < 1.29 is 9.13 Å². The van der Waals surface area contributed by atoms with Gasteiger partial charge >= 0.3 is 0 Å². The molecule has 20 heavy (non-hydrogen) atoms. The summed E-state index contributed by atoms with van der Waals surface area (Å²) < 4.78 is 20.1. The van der Waals surface area contributed by atoms with Crippen molar-refractivity contribution in [2.24, 2.45) is 0 Å². The molecule has 0 bridgehead atoms. The Morgan fingerprint density at radius 1 is 1.15 bits per heavy atom. The first-order valence-corrected chi connectivity index (χ1v) is 8.06. The molecule has 0 aliphatic heterocycles. The fraction of sp³-hybridized carbons (Fsp3) is 0.250. The minimum Gasteiger partial charge on any atom is -0.494 e. The predicted octanol–water partition coefficient (Wildman–Crippen LogP) is 5.78. The second-order valence-corrected chi connectivity index (χ2v) is 6.31. The zero-order valence-corrected chi connectivity index (χ0v) is 14.5. The summed E-state index contributed by atoms with van der Waals surface area (Å²) in [7, 11) is 0. The van der Waals surface area contributed by atoms with Crippen LogP contribution in [0.15, 0.2) is 40.9 Å². The molecule has 0 fully saturated rings. The zero-order chi connectivity index (χ0) is 14.7. The first-order valence-electron chi connectivity index (χ1n) is 6.35. The van der Waals surface area contributed by atoms with Gasteiger partial charge in [-0.1, -0.05) is 37.9 Å². The minimum atomic E-state index is -0.233. The van der Waals surface area contributed by atoms with Crippen LogP contribution in [0.5, 0.6) is 5.75 Å². The maximum atomic E-state index is 13.5. The molecule has 0 heterocycles. The summed E-state index contributed by atoms with van der Waals surface area (Å²) >= 11 is 7.14. The van der Waals surface area contributed by atoms with E-state index in [-0.39, 0.29) is 10.6 Å². The predicted molar refractivity (Wildman–Crippen MR) is 87.2 cm³/mol. The topological polar surface area (TPSA) is 9.23 Å². The van der Waals surface area contributed by atoms with Crippen molar-refractivity contribution in [3.63, 3.8) is 0 Å². The molecule has 0 aliphatic carbocycles. The third kappa shape index (κ3) is 3.41. The van der Waals surface area contributed by atoms with Crippen LogP contribution in [0.1, 0.15) is 28.4 Å². The van der Waals surface area contributed by atoms with Crippen molar-refractivity contribution in [1.29, 1.82) is 0 Å². The average molecular weight is 402 g/mol. The quantitative estimate of drug-likeness (QED) is 0.590. The fourth-order valence-corrected chi connectivity index (χ4v) is 3.29. The molecule has 1 atom stereocenters. The molecular formula is C16H15Br2FO. The van der Waals surface area contributed by atoms with Crippen LogP contribution >= 0.6 is 31.9 Å². The Hall–Kier alpha value is -0.870. The molecule has 2 rings (SSSR count). The fourth-order valence-electron chi connectivity index (χ4n) is 2.06. The lowest BCUT2D eigenvalue weighted by molar-refractivity contribution is 0.337. The van der Waals surface area contributed by atoms with Crippen LogP contribution < -0.4 is 4.74 Å². The van der Waals surface area contributed by atoms with Gasteiger partial charge in [0.2, 0.25) is 0 Å². The van der Waals surface area contributed by atoms with E-state index in [4.69, 9.17) is 4.74 Å². The molecule has 0 radical (unpaired) electrons. The summed E-state index contributed by atoms with van der Waals surface area (Å²) in [5.41, 5.74) is 2.93. The van der Waals surface area contributed by atoms with Crippen LogP contribution in [0.4, 0.5) is 4.39 Å². The van der Waals surface area contributed by atoms with Gasteiger partial charge in [-0.3, -0.25) is 0 Å². The van der Waals surface area contributed by atoms with E-state index in [1.165, 1.54) is 6.07 Å². The van der Waals surface area contributed by atoms with Crippen molar-refractivity contribution in [3.05, 3.63) is 63.4 Å². The summed E-state index contributed by atoms with van der Waals surface area (Å²) in [6.45, 7) is 4.51. The van der Waals surface area contributed by atoms with E-state index in [1.807, 2.05) is 32.0 Å². The molecule has 0 aromatic heterocycles. The van der Waals surface area contributed by atoms with E-state index in [0.717, 1.165) is 26.9 Å². The summed E-state index contributed by atoms with van der Waals surface area (Å²) in [6, 6.07) is 10.7. The van der Waals surface area contributed by atoms with Gasteiger partial charge in [0.05, 0.1) is 11.4 Å². The Labute approximate surface area is 135 Å². The molecule has 2 aromatic carbocycles. The smallest absolute Gasteiger partial charge is 0.124 e. The van der Waals surface area contributed by atoms with Crippen LogP contribution in [0.2, 0.25) is 0 Å². The number of halogens is 3. The number of hydrogen-bond acceptors (Lipinski definition) is 1. The Kier molecular flexibility index (Phi) is 5.22. The lowest BCUT2D eigenvalue weighted by Gasteiger charge is -2.18. The van der Waals surface area contributed by atoms with Gasteiger partial charge in [0, 0.05) is 10.0 Å². The normalized spacial score (nSPS) is 12.2.